The van der Waals surface area contributed by atoms with Crippen molar-refractivity contribution in [2.24, 2.45) is 5.10 Å². The first kappa shape index (κ1) is 17.9. The molecule has 5 heteroatoms. The summed E-state index contributed by atoms with van der Waals surface area (Å²) in [6.45, 7) is 3.50. The normalized spacial score (nSPS) is 12.9. The van der Waals surface area contributed by atoms with E-state index in [2.05, 4.69) is 26.5 Å². The van der Waals surface area contributed by atoms with E-state index in [1.807, 2.05) is 61.5 Å². The van der Waals surface area contributed by atoms with Gasteiger partial charge in [0.1, 0.15) is 5.75 Å². The number of halogens is 1. The Labute approximate surface area is 150 Å². The van der Waals surface area contributed by atoms with Crippen LogP contribution in [0.1, 0.15) is 19.4 Å². The number of rotatable bonds is 6. The van der Waals surface area contributed by atoms with Gasteiger partial charge < -0.3 is 4.74 Å². The number of allylic oxidation sites excluding steroid dienone is 1. The molecule has 0 saturated heterocycles. The second-order valence-corrected chi connectivity index (χ2v) is 6.10. The zero-order chi connectivity index (χ0) is 17.4. The molecule has 1 atom stereocenters. The summed E-state index contributed by atoms with van der Waals surface area (Å²) in [4.78, 5) is 12.0. The molecule has 0 aliphatic heterocycles. The Hall–Kier alpha value is -2.40. The van der Waals surface area contributed by atoms with Crippen LogP contribution in [0.3, 0.4) is 0 Å². The molecule has 2 aromatic rings. The third kappa shape index (κ3) is 6.01. The molecule has 0 bridgehead atoms. The predicted molar refractivity (Wildman–Crippen MR) is 101 cm³/mol. The number of amides is 1. The van der Waals surface area contributed by atoms with Gasteiger partial charge in [0.25, 0.3) is 5.91 Å². The predicted octanol–water partition coefficient (Wildman–Crippen LogP) is 4.42. The van der Waals surface area contributed by atoms with Crippen LogP contribution in [0.5, 0.6) is 5.75 Å². The van der Waals surface area contributed by atoms with Crippen molar-refractivity contribution < 1.29 is 9.53 Å². The fourth-order valence-corrected chi connectivity index (χ4v) is 2.09. The molecule has 0 spiro atoms. The second-order valence-electron chi connectivity index (χ2n) is 5.19. The molecule has 0 aromatic heterocycles. The number of hydrogen-bond donors (Lipinski definition) is 1. The highest BCUT2D eigenvalue weighted by Gasteiger charge is 2.13. The van der Waals surface area contributed by atoms with Crippen LogP contribution >= 0.6 is 15.9 Å². The van der Waals surface area contributed by atoms with Crippen LogP contribution in [-0.4, -0.2) is 17.7 Å². The van der Waals surface area contributed by atoms with Gasteiger partial charge in [-0.05, 0) is 49.8 Å². The molecule has 124 valence electrons. The average Bonchev–Trinajstić information content (AvgIpc) is 2.60. The first-order chi connectivity index (χ1) is 11.5. The average molecular weight is 387 g/mol. The molecular formula is C19H19BrN2O2. The van der Waals surface area contributed by atoms with Crippen LogP contribution in [0.4, 0.5) is 0 Å². The number of benzene rings is 2. The van der Waals surface area contributed by atoms with Crippen molar-refractivity contribution in [3.8, 4) is 5.75 Å². The van der Waals surface area contributed by atoms with E-state index in [0.29, 0.717) is 11.5 Å². The molecule has 0 aliphatic carbocycles. The van der Waals surface area contributed by atoms with Gasteiger partial charge in [-0.25, -0.2) is 5.43 Å². The van der Waals surface area contributed by atoms with Crippen LogP contribution in [0.2, 0.25) is 0 Å². The van der Waals surface area contributed by atoms with E-state index in [9.17, 15) is 4.79 Å². The van der Waals surface area contributed by atoms with Gasteiger partial charge in [0.05, 0.1) is 5.71 Å². The van der Waals surface area contributed by atoms with Gasteiger partial charge in [0, 0.05) is 4.47 Å². The smallest absolute Gasteiger partial charge is 0.280 e. The lowest BCUT2D eigenvalue weighted by atomic mass is 10.2. The highest BCUT2D eigenvalue weighted by molar-refractivity contribution is 9.10. The maximum Gasteiger partial charge on any atom is 0.280 e. The maximum atomic E-state index is 12.0. The molecule has 0 fully saturated rings. The molecule has 0 aliphatic rings. The molecule has 0 heterocycles. The van der Waals surface area contributed by atoms with Crippen LogP contribution in [-0.2, 0) is 4.79 Å². The van der Waals surface area contributed by atoms with E-state index in [-0.39, 0.29) is 5.91 Å². The monoisotopic (exact) mass is 386 g/mol. The van der Waals surface area contributed by atoms with Crippen molar-refractivity contribution in [1.29, 1.82) is 0 Å². The maximum absolute atomic E-state index is 12.0. The molecule has 0 saturated carbocycles. The number of carbonyl (C=O) groups is 1. The van der Waals surface area contributed by atoms with Crippen molar-refractivity contribution >= 4 is 33.6 Å². The molecule has 2 rings (SSSR count). The SMILES string of the molecule is CC(/C=C/c1ccccc1)=N\NC(=O)C(C)Oc1ccc(Br)cc1. The lowest BCUT2D eigenvalue weighted by Crippen LogP contribution is -2.33. The molecular weight excluding hydrogens is 368 g/mol. The minimum absolute atomic E-state index is 0.301. The molecule has 4 nitrogen and oxygen atoms in total. The molecule has 2 aromatic carbocycles. The zero-order valence-electron chi connectivity index (χ0n) is 13.6. The molecule has 24 heavy (non-hydrogen) atoms. The lowest BCUT2D eigenvalue weighted by Gasteiger charge is -2.13. The topological polar surface area (TPSA) is 50.7 Å². The van der Waals surface area contributed by atoms with Crippen LogP contribution in [0.15, 0.2) is 70.2 Å². The van der Waals surface area contributed by atoms with Crippen LogP contribution in [0, 0.1) is 0 Å². The van der Waals surface area contributed by atoms with E-state index in [1.165, 1.54) is 0 Å². The number of nitrogens with one attached hydrogen (secondary N) is 1. The molecule has 1 N–H and O–H groups in total. The van der Waals surface area contributed by atoms with Crippen molar-refractivity contribution in [3.63, 3.8) is 0 Å². The van der Waals surface area contributed by atoms with Crippen molar-refractivity contribution in [2.45, 2.75) is 20.0 Å². The van der Waals surface area contributed by atoms with Gasteiger partial charge in [0.15, 0.2) is 6.10 Å². The number of nitrogens with zero attached hydrogens (tertiary/aromatic N) is 1. The van der Waals surface area contributed by atoms with Gasteiger partial charge in [-0.1, -0.05) is 52.3 Å². The number of hydrogen-bond acceptors (Lipinski definition) is 3. The quantitative estimate of drug-likeness (QED) is 0.589. The number of ether oxygens (including phenoxy) is 1. The van der Waals surface area contributed by atoms with Crippen LogP contribution in [0.25, 0.3) is 6.08 Å². The molecule has 1 unspecified atom stereocenters. The summed E-state index contributed by atoms with van der Waals surface area (Å²) in [5.41, 5.74) is 4.29. The summed E-state index contributed by atoms with van der Waals surface area (Å²) in [5.74, 6) is 0.330. The summed E-state index contributed by atoms with van der Waals surface area (Å²) in [7, 11) is 0. The van der Waals surface area contributed by atoms with E-state index in [4.69, 9.17) is 4.74 Å². The first-order valence-corrected chi connectivity index (χ1v) is 8.33. The number of hydrazone groups is 1. The third-order valence-electron chi connectivity index (χ3n) is 3.15. The summed E-state index contributed by atoms with van der Waals surface area (Å²) in [5, 5.41) is 4.06. The highest BCUT2D eigenvalue weighted by atomic mass is 79.9. The van der Waals surface area contributed by atoms with Gasteiger partial charge in [-0.15, -0.1) is 0 Å². The molecule has 0 radical (unpaired) electrons. The highest BCUT2D eigenvalue weighted by Crippen LogP contribution is 2.17. The Morgan fingerprint density at radius 1 is 1.17 bits per heavy atom. The summed E-state index contributed by atoms with van der Waals surface area (Å²) in [6.07, 6.45) is 3.14. The van der Waals surface area contributed by atoms with E-state index in [0.717, 1.165) is 10.0 Å². The molecule has 1 amide bonds. The Balaban J connectivity index is 1.86. The van der Waals surface area contributed by atoms with E-state index >= 15 is 0 Å². The fourth-order valence-electron chi connectivity index (χ4n) is 1.82. The van der Waals surface area contributed by atoms with Gasteiger partial charge in [-0.2, -0.15) is 5.10 Å². The first-order valence-electron chi connectivity index (χ1n) is 7.54. The van der Waals surface area contributed by atoms with E-state index < -0.39 is 6.10 Å². The Bertz CT molecular complexity index is 725. The Kier molecular flexibility index (Phi) is 6.75. The number of carbonyl (C=O) groups excluding carboxylic acids is 1. The van der Waals surface area contributed by atoms with Crippen molar-refractivity contribution in [1.82, 2.24) is 5.43 Å². The fraction of sp³-hybridized carbons (Fsp3) is 0.158. The Morgan fingerprint density at radius 3 is 2.50 bits per heavy atom. The van der Waals surface area contributed by atoms with Crippen molar-refractivity contribution in [3.05, 3.63) is 70.7 Å². The zero-order valence-corrected chi connectivity index (χ0v) is 15.2. The minimum atomic E-state index is -0.638. The van der Waals surface area contributed by atoms with Crippen LogP contribution < -0.4 is 10.2 Å². The van der Waals surface area contributed by atoms with Gasteiger partial charge in [0.2, 0.25) is 0 Å². The van der Waals surface area contributed by atoms with E-state index in [1.54, 1.807) is 19.1 Å². The van der Waals surface area contributed by atoms with Gasteiger partial charge >= 0.3 is 0 Å². The summed E-state index contributed by atoms with van der Waals surface area (Å²) in [6, 6.07) is 17.2. The van der Waals surface area contributed by atoms with Crippen molar-refractivity contribution in [2.75, 3.05) is 0 Å². The standard InChI is InChI=1S/C19H19BrN2O2/c1-14(8-9-16-6-4-3-5-7-16)21-22-19(23)15(2)24-18-12-10-17(20)11-13-18/h3-13,15H,1-2H3,(H,22,23)/b9-8+,21-14+. The third-order valence-corrected chi connectivity index (χ3v) is 3.68. The second kappa shape index (κ2) is 9.03. The van der Waals surface area contributed by atoms with Gasteiger partial charge in [-0.3, -0.25) is 4.79 Å². The largest absolute Gasteiger partial charge is 0.481 e. The summed E-state index contributed by atoms with van der Waals surface area (Å²) >= 11 is 3.35. The Morgan fingerprint density at radius 2 is 1.83 bits per heavy atom. The minimum Gasteiger partial charge on any atom is -0.481 e. The lowest BCUT2D eigenvalue weighted by molar-refractivity contribution is -0.127. The summed E-state index contributed by atoms with van der Waals surface area (Å²) < 4.78 is 6.53.